The van der Waals surface area contributed by atoms with Crippen molar-refractivity contribution >= 4 is 0 Å². The second kappa shape index (κ2) is 1.41. The van der Waals surface area contributed by atoms with Gasteiger partial charge in [0.15, 0.2) is 0 Å². The van der Waals surface area contributed by atoms with Gasteiger partial charge in [-0.3, -0.25) is 0 Å². The summed E-state index contributed by atoms with van der Waals surface area (Å²) in [4.78, 5) is 0. The van der Waals surface area contributed by atoms with Gasteiger partial charge in [-0.2, -0.15) is 0 Å². The SMILES string of the molecule is NC1CC23CCC2CNC13. The van der Waals surface area contributed by atoms with Gasteiger partial charge in [-0.25, -0.2) is 0 Å². The predicted octanol–water partition coefficient (Wildman–Crippen LogP) is 0.0856. The van der Waals surface area contributed by atoms with Crippen LogP contribution in [-0.4, -0.2) is 18.6 Å². The number of hydrogen-bond acceptors (Lipinski definition) is 2. The molecule has 1 aliphatic heterocycles. The van der Waals surface area contributed by atoms with Gasteiger partial charge in [0, 0.05) is 12.1 Å². The van der Waals surface area contributed by atoms with Crippen LogP contribution in [-0.2, 0) is 0 Å². The number of hydrogen-bond donors (Lipinski definition) is 2. The quantitative estimate of drug-likeness (QED) is 0.497. The summed E-state index contributed by atoms with van der Waals surface area (Å²) in [5, 5.41) is 3.53. The van der Waals surface area contributed by atoms with Crippen molar-refractivity contribution in [2.24, 2.45) is 17.1 Å². The molecule has 10 heavy (non-hydrogen) atoms. The lowest BCUT2D eigenvalue weighted by molar-refractivity contribution is -0.0419. The first-order valence-corrected chi connectivity index (χ1v) is 4.32. The molecule has 0 radical (unpaired) electrons. The third-order valence-electron chi connectivity index (χ3n) is 4.02. The molecule has 4 unspecified atom stereocenters. The zero-order valence-electron chi connectivity index (χ0n) is 6.14. The summed E-state index contributed by atoms with van der Waals surface area (Å²) in [5.74, 6) is 0.997. The highest BCUT2D eigenvalue weighted by molar-refractivity contribution is 5.20. The first-order valence-electron chi connectivity index (χ1n) is 4.32. The van der Waals surface area contributed by atoms with Gasteiger partial charge in [-0.1, -0.05) is 0 Å². The maximum absolute atomic E-state index is 5.88. The third kappa shape index (κ3) is 0.372. The fourth-order valence-electron chi connectivity index (χ4n) is 3.28. The van der Waals surface area contributed by atoms with Gasteiger partial charge in [-0.15, -0.1) is 0 Å². The minimum Gasteiger partial charge on any atom is -0.326 e. The van der Waals surface area contributed by atoms with E-state index in [1.807, 2.05) is 0 Å². The van der Waals surface area contributed by atoms with Crippen LogP contribution >= 0.6 is 0 Å². The van der Waals surface area contributed by atoms with Crippen molar-refractivity contribution in [2.75, 3.05) is 6.54 Å². The first kappa shape index (κ1) is 5.56. The Labute approximate surface area is 61.2 Å². The Morgan fingerprint density at radius 3 is 2.90 bits per heavy atom. The van der Waals surface area contributed by atoms with E-state index in [0.29, 0.717) is 17.5 Å². The first-order chi connectivity index (χ1) is 4.83. The molecule has 0 bridgehead atoms. The summed E-state index contributed by atoms with van der Waals surface area (Å²) in [7, 11) is 0. The van der Waals surface area contributed by atoms with E-state index < -0.39 is 0 Å². The normalized spacial score (nSPS) is 63.9. The second-order valence-corrected chi connectivity index (χ2v) is 4.22. The summed E-state index contributed by atoms with van der Waals surface area (Å²) < 4.78 is 0. The van der Waals surface area contributed by atoms with Crippen LogP contribution in [0.4, 0.5) is 0 Å². The summed E-state index contributed by atoms with van der Waals surface area (Å²) in [6, 6.07) is 1.18. The van der Waals surface area contributed by atoms with E-state index in [0.717, 1.165) is 5.92 Å². The molecule has 2 aliphatic carbocycles. The van der Waals surface area contributed by atoms with Crippen LogP contribution in [0, 0.1) is 11.3 Å². The topological polar surface area (TPSA) is 38.0 Å². The molecule has 56 valence electrons. The van der Waals surface area contributed by atoms with Crippen molar-refractivity contribution in [3.05, 3.63) is 0 Å². The molecular weight excluding hydrogens is 124 g/mol. The molecule has 0 aromatic heterocycles. The Morgan fingerprint density at radius 2 is 2.40 bits per heavy atom. The Balaban J connectivity index is 1.92. The standard InChI is InChI=1S/C8H14N2/c9-6-3-8-2-1-5(8)4-10-7(6)8/h5-7,10H,1-4,9H2. The summed E-state index contributed by atoms with van der Waals surface area (Å²) >= 11 is 0. The second-order valence-electron chi connectivity index (χ2n) is 4.22. The zero-order chi connectivity index (χ0) is 6.77. The van der Waals surface area contributed by atoms with Crippen molar-refractivity contribution in [1.82, 2.24) is 5.32 Å². The highest BCUT2D eigenvalue weighted by Crippen LogP contribution is 2.61. The molecule has 4 atom stereocenters. The molecule has 0 aromatic carbocycles. The van der Waals surface area contributed by atoms with Crippen molar-refractivity contribution in [3.8, 4) is 0 Å². The zero-order valence-corrected chi connectivity index (χ0v) is 6.14. The lowest BCUT2D eigenvalue weighted by Gasteiger charge is -2.58. The molecule has 2 nitrogen and oxygen atoms in total. The molecule has 2 saturated carbocycles. The van der Waals surface area contributed by atoms with Crippen LogP contribution in [0.2, 0.25) is 0 Å². The van der Waals surface area contributed by atoms with Gasteiger partial charge >= 0.3 is 0 Å². The number of nitrogens with two attached hydrogens (primary N) is 1. The van der Waals surface area contributed by atoms with Gasteiger partial charge < -0.3 is 11.1 Å². The third-order valence-corrected chi connectivity index (χ3v) is 4.02. The van der Waals surface area contributed by atoms with E-state index in [4.69, 9.17) is 5.73 Å². The number of rotatable bonds is 0. The summed E-state index contributed by atoms with van der Waals surface area (Å²) in [5.41, 5.74) is 6.59. The fourth-order valence-corrected chi connectivity index (χ4v) is 3.28. The number of nitrogens with one attached hydrogen (secondary N) is 1. The van der Waals surface area contributed by atoms with E-state index >= 15 is 0 Å². The highest BCUT2D eigenvalue weighted by Gasteiger charge is 2.64. The molecular formula is C8H14N2. The van der Waals surface area contributed by atoms with Crippen LogP contribution < -0.4 is 11.1 Å². The van der Waals surface area contributed by atoms with E-state index in [-0.39, 0.29) is 0 Å². The molecule has 1 saturated heterocycles. The molecule has 1 heterocycles. The van der Waals surface area contributed by atoms with Gasteiger partial charge in [-0.05, 0) is 37.1 Å². The highest BCUT2D eigenvalue weighted by atomic mass is 15.1. The van der Waals surface area contributed by atoms with E-state index in [2.05, 4.69) is 5.32 Å². The van der Waals surface area contributed by atoms with Crippen LogP contribution in [0.5, 0.6) is 0 Å². The average molecular weight is 138 g/mol. The maximum Gasteiger partial charge on any atom is 0.0279 e. The molecule has 0 amide bonds. The lowest BCUT2D eigenvalue weighted by atomic mass is 9.48. The largest absolute Gasteiger partial charge is 0.326 e. The van der Waals surface area contributed by atoms with Crippen molar-refractivity contribution < 1.29 is 0 Å². The van der Waals surface area contributed by atoms with E-state index in [1.165, 1.54) is 25.8 Å². The molecule has 0 aromatic rings. The predicted molar refractivity (Wildman–Crippen MR) is 39.5 cm³/mol. The molecule has 1 spiro atoms. The van der Waals surface area contributed by atoms with Gasteiger partial charge in [0.25, 0.3) is 0 Å². The molecule has 3 aliphatic rings. The monoisotopic (exact) mass is 138 g/mol. The molecule has 3 fully saturated rings. The van der Waals surface area contributed by atoms with E-state index in [9.17, 15) is 0 Å². The Morgan fingerprint density at radius 1 is 1.50 bits per heavy atom. The van der Waals surface area contributed by atoms with Crippen molar-refractivity contribution in [2.45, 2.75) is 31.3 Å². The van der Waals surface area contributed by atoms with Crippen LogP contribution in [0.25, 0.3) is 0 Å². The smallest absolute Gasteiger partial charge is 0.0279 e. The van der Waals surface area contributed by atoms with Crippen LogP contribution in [0.3, 0.4) is 0 Å². The fraction of sp³-hybridized carbons (Fsp3) is 1.00. The Kier molecular flexibility index (Phi) is 0.783. The molecule has 3 N–H and O–H groups in total. The van der Waals surface area contributed by atoms with Crippen molar-refractivity contribution in [3.63, 3.8) is 0 Å². The van der Waals surface area contributed by atoms with Gasteiger partial charge in [0.2, 0.25) is 0 Å². The van der Waals surface area contributed by atoms with Gasteiger partial charge in [0.05, 0.1) is 0 Å². The van der Waals surface area contributed by atoms with Crippen LogP contribution in [0.1, 0.15) is 19.3 Å². The molecule has 3 rings (SSSR count). The lowest BCUT2D eigenvalue weighted by Crippen LogP contribution is -2.65. The summed E-state index contributed by atoms with van der Waals surface area (Å²) in [6.45, 7) is 1.25. The van der Waals surface area contributed by atoms with E-state index in [1.54, 1.807) is 0 Å². The van der Waals surface area contributed by atoms with Crippen molar-refractivity contribution in [1.29, 1.82) is 0 Å². The molecule has 2 heteroatoms. The Bertz CT molecular complexity index is 180. The minimum atomic E-state index is 0.477. The minimum absolute atomic E-state index is 0.477. The maximum atomic E-state index is 5.88. The van der Waals surface area contributed by atoms with Gasteiger partial charge in [0.1, 0.15) is 0 Å². The Hall–Kier alpha value is -0.0800. The summed E-state index contributed by atoms with van der Waals surface area (Å²) in [6.07, 6.45) is 4.20. The van der Waals surface area contributed by atoms with Crippen LogP contribution in [0.15, 0.2) is 0 Å². The average Bonchev–Trinajstić information content (AvgIpc) is 2.05.